The first-order valence-electron chi connectivity index (χ1n) is 9.83. The monoisotopic (exact) mass is 374 g/mol. The zero-order valence-corrected chi connectivity index (χ0v) is 15.7. The van der Waals surface area contributed by atoms with E-state index in [9.17, 15) is 19.5 Å². The third kappa shape index (κ3) is 3.35. The minimum atomic E-state index is -0.625. The summed E-state index contributed by atoms with van der Waals surface area (Å²) in [5.74, 6) is -0.642. The highest BCUT2D eigenvalue weighted by Crippen LogP contribution is 2.50. The molecule has 27 heavy (non-hydrogen) atoms. The highest BCUT2D eigenvalue weighted by atomic mass is 16.5. The van der Waals surface area contributed by atoms with E-state index in [0.717, 1.165) is 6.42 Å². The van der Waals surface area contributed by atoms with Crippen molar-refractivity contribution in [2.75, 3.05) is 0 Å². The smallest absolute Gasteiger partial charge is 0.341 e. The maximum atomic E-state index is 12.5. The highest BCUT2D eigenvalue weighted by molar-refractivity contribution is 6.18. The van der Waals surface area contributed by atoms with Crippen LogP contribution < -0.4 is 0 Å². The Bertz CT molecular complexity index is 702. The van der Waals surface area contributed by atoms with Crippen LogP contribution in [0.2, 0.25) is 0 Å². The van der Waals surface area contributed by atoms with Gasteiger partial charge in [-0.1, -0.05) is 25.2 Å². The van der Waals surface area contributed by atoms with Crippen LogP contribution in [0.15, 0.2) is 23.8 Å². The number of ketones is 1. The van der Waals surface area contributed by atoms with Gasteiger partial charge in [0.25, 0.3) is 0 Å². The number of Topliss-reactive ketones (excluding diaryl/α,β-unsaturated/α-hetero) is 1. The summed E-state index contributed by atoms with van der Waals surface area (Å²) >= 11 is 0. The predicted octanol–water partition coefficient (Wildman–Crippen LogP) is 1.96. The van der Waals surface area contributed by atoms with E-state index in [2.05, 4.69) is 19.1 Å². The van der Waals surface area contributed by atoms with Crippen LogP contribution in [0, 0.1) is 29.6 Å². The van der Waals surface area contributed by atoms with E-state index in [-0.39, 0.29) is 59.4 Å². The van der Waals surface area contributed by atoms with Crippen molar-refractivity contribution in [3.63, 3.8) is 0 Å². The van der Waals surface area contributed by atoms with Crippen LogP contribution >= 0.6 is 0 Å². The lowest BCUT2D eigenvalue weighted by Crippen LogP contribution is -2.40. The van der Waals surface area contributed by atoms with Gasteiger partial charge in [-0.05, 0) is 36.5 Å². The number of hydrogen-bond donors (Lipinski definition) is 1. The topological polar surface area (TPSA) is 89.9 Å². The lowest BCUT2D eigenvalue weighted by Gasteiger charge is -2.38. The predicted molar refractivity (Wildman–Crippen MR) is 95.3 cm³/mol. The first-order valence-corrected chi connectivity index (χ1v) is 9.83. The summed E-state index contributed by atoms with van der Waals surface area (Å²) in [6, 6.07) is 0. The average molecular weight is 374 g/mol. The maximum Gasteiger partial charge on any atom is 0.341 e. The van der Waals surface area contributed by atoms with Crippen LogP contribution in [-0.2, 0) is 23.9 Å². The number of aliphatic hydroxyl groups excluding tert-OH is 1. The molecule has 5 rings (SSSR count). The van der Waals surface area contributed by atoms with E-state index in [1.165, 1.54) is 6.92 Å². The van der Waals surface area contributed by atoms with Gasteiger partial charge in [-0.3, -0.25) is 9.59 Å². The van der Waals surface area contributed by atoms with Crippen molar-refractivity contribution in [1.29, 1.82) is 0 Å². The van der Waals surface area contributed by atoms with E-state index in [4.69, 9.17) is 9.47 Å². The summed E-state index contributed by atoms with van der Waals surface area (Å²) in [4.78, 5) is 36.4. The molecule has 8 atom stereocenters. The molecule has 0 amide bonds. The number of rotatable bonds is 1. The van der Waals surface area contributed by atoms with Gasteiger partial charge < -0.3 is 14.6 Å². The molecule has 1 saturated heterocycles. The summed E-state index contributed by atoms with van der Waals surface area (Å²) in [6.45, 7) is 3.49. The fourth-order valence-corrected chi connectivity index (χ4v) is 5.48. The second kappa shape index (κ2) is 6.89. The molecule has 146 valence electrons. The molecule has 2 fully saturated rings. The lowest BCUT2D eigenvalue weighted by molar-refractivity contribution is -0.153. The Hall–Kier alpha value is -1.95. The van der Waals surface area contributed by atoms with Gasteiger partial charge in [0.1, 0.15) is 12.2 Å². The molecule has 3 aliphatic carbocycles. The maximum absolute atomic E-state index is 12.5. The zero-order valence-electron chi connectivity index (χ0n) is 15.7. The summed E-state index contributed by atoms with van der Waals surface area (Å²) in [5.41, 5.74) is 0.148. The van der Waals surface area contributed by atoms with Gasteiger partial charge in [-0.15, -0.1) is 0 Å². The molecule has 0 aromatic rings. The van der Waals surface area contributed by atoms with Crippen molar-refractivity contribution in [3.8, 4) is 0 Å². The van der Waals surface area contributed by atoms with Gasteiger partial charge >= 0.3 is 11.9 Å². The number of fused-ring (bicyclic) bond motifs is 5. The standard InChI is InChI=1S/C21H26O6/c1-10-5-17-15(20(10)26-11(2)22)4-3-12-6-13(23)7-14-8-19(24)18(9-16(12)17)21(25)27-14/h3-4,9-10,12-17,20,23H,5-8H2,1-2H3/b18-9-/t10-,12+,13+,14?,15-,16-,17-,20-/m1/s1. The van der Waals surface area contributed by atoms with E-state index in [1.54, 1.807) is 6.08 Å². The molecule has 5 aliphatic rings. The molecule has 6 nitrogen and oxygen atoms in total. The number of hydrogen-bond acceptors (Lipinski definition) is 6. The highest BCUT2D eigenvalue weighted by Gasteiger charge is 2.49. The summed E-state index contributed by atoms with van der Waals surface area (Å²) in [5, 5.41) is 10.5. The molecule has 1 unspecified atom stereocenters. The number of aliphatic hydroxyl groups is 1. The van der Waals surface area contributed by atoms with Crippen molar-refractivity contribution in [3.05, 3.63) is 23.8 Å². The molecule has 6 heteroatoms. The minimum Gasteiger partial charge on any atom is -0.462 e. The molecule has 1 N–H and O–H groups in total. The molecule has 0 radical (unpaired) electrons. The van der Waals surface area contributed by atoms with Gasteiger partial charge in [0.15, 0.2) is 5.78 Å². The zero-order chi connectivity index (χ0) is 19.3. The summed E-state index contributed by atoms with van der Waals surface area (Å²) in [7, 11) is 0. The molecule has 1 saturated carbocycles. The summed E-state index contributed by atoms with van der Waals surface area (Å²) < 4.78 is 11.0. The molecule has 2 bridgehead atoms. The fraction of sp³-hybridized carbons (Fsp3) is 0.667. The Morgan fingerprint density at radius 2 is 1.96 bits per heavy atom. The Labute approximate surface area is 158 Å². The first kappa shape index (κ1) is 18.4. The fourth-order valence-electron chi connectivity index (χ4n) is 5.48. The Morgan fingerprint density at radius 3 is 2.67 bits per heavy atom. The van der Waals surface area contributed by atoms with Gasteiger partial charge in [-0.2, -0.15) is 0 Å². The number of esters is 2. The molecule has 0 aromatic carbocycles. The SMILES string of the molecule is CC(=O)O[C@H]1[C@@H]2C=C[C@H]3C[C@H](O)CC4CC(=O)/C(=C/[C@H]3[C@@H]2C[C@H]1C)C(=O)O4. The molecule has 0 aromatic heterocycles. The Morgan fingerprint density at radius 1 is 1.19 bits per heavy atom. The number of carbonyl (C=O) groups excluding carboxylic acids is 3. The largest absolute Gasteiger partial charge is 0.462 e. The second-order valence-corrected chi connectivity index (χ2v) is 8.51. The Kier molecular flexibility index (Phi) is 4.70. The van der Waals surface area contributed by atoms with E-state index < -0.39 is 18.2 Å². The van der Waals surface area contributed by atoms with Crippen molar-refractivity contribution in [2.45, 2.75) is 57.8 Å². The number of ether oxygens (including phenoxy) is 2. The normalized spacial score (nSPS) is 45.4. The van der Waals surface area contributed by atoms with Crippen LogP contribution in [0.4, 0.5) is 0 Å². The lowest BCUT2D eigenvalue weighted by atomic mass is 9.68. The average Bonchev–Trinajstić information content (AvgIpc) is 2.87. The van der Waals surface area contributed by atoms with E-state index in [1.807, 2.05) is 0 Å². The van der Waals surface area contributed by atoms with Crippen LogP contribution in [-0.4, -0.2) is 41.1 Å². The van der Waals surface area contributed by atoms with Gasteiger partial charge in [0.05, 0.1) is 11.7 Å². The molecule has 0 spiro atoms. The van der Waals surface area contributed by atoms with Crippen molar-refractivity contribution in [1.82, 2.24) is 0 Å². The van der Waals surface area contributed by atoms with Crippen LogP contribution in [0.5, 0.6) is 0 Å². The number of allylic oxidation sites excluding steroid dienone is 2. The van der Waals surface area contributed by atoms with Crippen LogP contribution in [0.25, 0.3) is 0 Å². The molecular formula is C21H26O6. The number of carbonyl (C=O) groups is 3. The molecular weight excluding hydrogens is 348 g/mol. The summed E-state index contributed by atoms with van der Waals surface area (Å²) in [6.07, 6.45) is 6.47. The third-order valence-corrected chi connectivity index (χ3v) is 6.60. The van der Waals surface area contributed by atoms with Crippen molar-refractivity contribution < 1.29 is 29.0 Å². The molecule has 2 aliphatic heterocycles. The Balaban J connectivity index is 1.72. The van der Waals surface area contributed by atoms with Crippen molar-refractivity contribution >= 4 is 17.7 Å². The minimum absolute atomic E-state index is 0.0528. The third-order valence-electron chi connectivity index (χ3n) is 6.60. The van der Waals surface area contributed by atoms with Gasteiger partial charge in [0.2, 0.25) is 0 Å². The van der Waals surface area contributed by atoms with E-state index in [0.29, 0.717) is 12.8 Å². The van der Waals surface area contributed by atoms with Crippen LogP contribution in [0.1, 0.15) is 39.5 Å². The second-order valence-electron chi connectivity index (χ2n) is 8.51. The van der Waals surface area contributed by atoms with Gasteiger partial charge in [-0.25, -0.2) is 4.79 Å². The quantitative estimate of drug-likeness (QED) is 0.429. The van der Waals surface area contributed by atoms with Gasteiger partial charge in [0, 0.05) is 25.7 Å². The van der Waals surface area contributed by atoms with E-state index >= 15 is 0 Å². The molecule has 2 heterocycles. The van der Waals surface area contributed by atoms with Crippen molar-refractivity contribution in [2.24, 2.45) is 29.6 Å². The van der Waals surface area contributed by atoms with Crippen LogP contribution in [0.3, 0.4) is 0 Å². The first-order chi connectivity index (χ1) is 12.8.